The van der Waals surface area contributed by atoms with E-state index in [1.54, 1.807) is 0 Å². The van der Waals surface area contributed by atoms with Gasteiger partial charge in [0.25, 0.3) is 0 Å². The minimum atomic E-state index is 0.0208. The Labute approximate surface area is 80.1 Å². The molecule has 0 radical (unpaired) electrons. The van der Waals surface area contributed by atoms with Gasteiger partial charge in [0, 0.05) is 0 Å². The Balaban J connectivity index is 2.79. The Morgan fingerprint density at radius 2 is 1.85 bits per heavy atom. The van der Waals surface area contributed by atoms with Crippen molar-refractivity contribution in [1.82, 2.24) is 0 Å². The van der Waals surface area contributed by atoms with E-state index in [1.165, 1.54) is 5.56 Å². The minimum Gasteiger partial charge on any atom is -0.467 e. The first-order valence-corrected chi connectivity index (χ1v) is 4.86. The van der Waals surface area contributed by atoms with Crippen molar-refractivity contribution < 1.29 is 4.42 Å². The average molecular weight is 181 g/mol. The summed E-state index contributed by atoms with van der Waals surface area (Å²) in [5.41, 5.74) is 7.19. The Morgan fingerprint density at radius 1 is 1.23 bits per heavy atom. The second kappa shape index (κ2) is 3.97. The van der Waals surface area contributed by atoms with E-state index in [4.69, 9.17) is 10.2 Å². The van der Waals surface area contributed by atoms with E-state index in [9.17, 15) is 0 Å². The highest BCUT2D eigenvalue weighted by atomic mass is 16.3. The van der Waals surface area contributed by atoms with Crippen molar-refractivity contribution in [2.24, 2.45) is 11.7 Å². The first kappa shape index (κ1) is 10.3. The van der Waals surface area contributed by atoms with Crippen molar-refractivity contribution in [3.8, 4) is 0 Å². The van der Waals surface area contributed by atoms with Crippen molar-refractivity contribution in [2.45, 2.75) is 39.7 Å². The van der Waals surface area contributed by atoms with Gasteiger partial charge < -0.3 is 10.2 Å². The van der Waals surface area contributed by atoms with Crippen LogP contribution in [0, 0.1) is 5.92 Å². The maximum absolute atomic E-state index is 5.96. The summed E-state index contributed by atoms with van der Waals surface area (Å²) in [6.07, 6.45) is 1.81. The van der Waals surface area contributed by atoms with Crippen LogP contribution in [-0.2, 0) is 0 Å². The van der Waals surface area contributed by atoms with Gasteiger partial charge in [-0.3, -0.25) is 0 Å². The molecule has 0 saturated heterocycles. The number of furan rings is 1. The molecule has 0 spiro atoms. The lowest BCUT2D eigenvalue weighted by Gasteiger charge is -2.11. The van der Waals surface area contributed by atoms with Crippen LogP contribution < -0.4 is 5.73 Å². The maximum atomic E-state index is 5.96. The third-order valence-corrected chi connectivity index (χ3v) is 2.35. The topological polar surface area (TPSA) is 39.2 Å². The van der Waals surface area contributed by atoms with E-state index in [0.29, 0.717) is 11.8 Å². The molecule has 0 aliphatic heterocycles. The third-order valence-electron chi connectivity index (χ3n) is 2.35. The van der Waals surface area contributed by atoms with E-state index in [2.05, 4.69) is 33.8 Å². The minimum absolute atomic E-state index is 0.0208. The van der Waals surface area contributed by atoms with Crippen molar-refractivity contribution in [3.63, 3.8) is 0 Å². The fourth-order valence-corrected chi connectivity index (χ4v) is 1.17. The molecular weight excluding hydrogens is 162 g/mol. The SMILES string of the molecule is CC(C)c1coc(C(N)C(C)C)c1. The van der Waals surface area contributed by atoms with Crippen LogP contribution in [0.25, 0.3) is 0 Å². The molecule has 13 heavy (non-hydrogen) atoms. The Kier molecular flexibility index (Phi) is 3.15. The fourth-order valence-electron chi connectivity index (χ4n) is 1.17. The Hall–Kier alpha value is -0.760. The zero-order valence-corrected chi connectivity index (χ0v) is 8.87. The molecule has 0 bridgehead atoms. The Morgan fingerprint density at radius 3 is 2.23 bits per heavy atom. The predicted molar refractivity (Wildman–Crippen MR) is 54.6 cm³/mol. The number of rotatable bonds is 3. The molecule has 1 aromatic rings. The van der Waals surface area contributed by atoms with Crippen LogP contribution in [-0.4, -0.2) is 0 Å². The molecule has 1 rings (SSSR count). The van der Waals surface area contributed by atoms with E-state index in [-0.39, 0.29) is 6.04 Å². The van der Waals surface area contributed by atoms with Gasteiger partial charge in [0.05, 0.1) is 12.3 Å². The highest BCUT2D eigenvalue weighted by Crippen LogP contribution is 2.24. The molecular formula is C11H19NO. The summed E-state index contributed by atoms with van der Waals surface area (Å²) in [6, 6.07) is 2.09. The average Bonchev–Trinajstić information content (AvgIpc) is 2.50. The Bertz CT molecular complexity index is 263. The molecule has 1 atom stereocenters. The summed E-state index contributed by atoms with van der Waals surface area (Å²) < 4.78 is 5.42. The van der Waals surface area contributed by atoms with E-state index >= 15 is 0 Å². The maximum Gasteiger partial charge on any atom is 0.121 e. The highest BCUT2D eigenvalue weighted by Gasteiger charge is 2.15. The summed E-state index contributed by atoms with van der Waals surface area (Å²) in [5, 5.41) is 0. The van der Waals surface area contributed by atoms with Gasteiger partial charge in [-0.15, -0.1) is 0 Å². The largest absolute Gasteiger partial charge is 0.467 e. The third kappa shape index (κ3) is 2.34. The van der Waals surface area contributed by atoms with Gasteiger partial charge in [-0.1, -0.05) is 27.7 Å². The van der Waals surface area contributed by atoms with Gasteiger partial charge in [-0.25, -0.2) is 0 Å². The molecule has 2 nitrogen and oxygen atoms in total. The van der Waals surface area contributed by atoms with Gasteiger partial charge in [0.1, 0.15) is 5.76 Å². The summed E-state index contributed by atoms with van der Waals surface area (Å²) in [6.45, 7) is 8.50. The molecule has 1 unspecified atom stereocenters. The first-order chi connectivity index (χ1) is 6.02. The molecule has 0 saturated carbocycles. The summed E-state index contributed by atoms with van der Waals surface area (Å²) in [4.78, 5) is 0. The molecule has 0 aliphatic carbocycles. The van der Waals surface area contributed by atoms with Crippen LogP contribution in [0.3, 0.4) is 0 Å². The number of nitrogens with two attached hydrogens (primary N) is 1. The van der Waals surface area contributed by atoms with Crippen molar-refractivity contribution >= 4 is 0 Å². The molecule has 74 valence electrons. The first-order valence-electron chi connectivity index (χ1n) is 4.86. The second-order valence-corrected chi connectivity index (χ2v) is 4.21. The van der Waals surface area contributed by atoms with E-state index in [0.717, 1.165) is 5.76 Å². The van der Waals surface area contributed by atoms with Gasteiger partial charge in [0.2, 0.25) is 0 Å². The van der Waals surface area contributed by atoms with Crippen LogP contribution in [0.1, 0.15) is 51.0 Å². The molecule has 0 fully saturated rings. The summed E-state index contributed by atoms with van der Waals surface area (Å²) in [7, 11) is 0. The molecule has 0 aliphatic rings. The predicted octanol–water partition coefficient (Wildman–Crippen LogP) is 3.06. The van der Waals surface area contributed by atoms with Crippen LogP contribution in [0.2, 0.25) is 0 Å². The van der Waals surface area contributed by atoms with Crippen molar-refractivity contribution in [1.29, 1.82) is 0 Å². The highest BCUT2D eigenvalue weighted by molar-refractivity contribution is 5.18. The monoisotopic (exact) mass is 181 g/mol. The fraction of sp³-hybridized carbons (Fsp3) is 0.636. The lowest BCUT2D eigenvalue weighted by atomic mass is 10.0. The molecule has 1 heterocycles. The van der Waals surface area contributed by atoms with Gasteiger partial charge >= 0.3 is 0 Å². The molecule has 2 N–H and O–H groups in total. The molecule has 2 heteroatoms. The van der Waals surface area contributed by atoms with Crippen molar-refractivity contribution in [2.75, 3.05) is 0 Å². The molecule has 1 aromatic heterocycles. The van der Waals surface area contributed by atoms with Gasteiger partial charge in [-0.2, -0.15) is 0 Å². The molecule has 0 aromatic carbocycles. The number of hydrogen-bond donors (Lipinski definition) is 1. The summed E-state index contributed by atoms with van der Waals surface area (Å²) >= 11 is 0. The van der Waals surface area contributed by atoms with Gasteiger partial charge in [-0.05, 0) is 23.5 Å². The second-order valence-electron chi connectivity index (χ2n) is 4.21. The zero-order chi connectivity index (χ0) is 10.0. The smallest absolute Gasteiger partial charge is 0.121 e. The van der Waals surface area contributed by atoms with Crippen molar-refractivity contribution in [3.05, 3.63) is 23.7 Å². The van der Waals surface area contributed by atoms with Crippen LogP contribution >= 0.6 is 0 Å². The lowest BCUT2D eigenvalue weighted by Crippen LogP contribution is -2.15. The van der Waals surface area contributed by atoms with E-state index < -0.39 is 0 Å². The quantitative estimate of drug-likeness (QED) is 0.778. The van der Waals surface area contributed by atoms with Crippen LogP contribution in [0.15, 0.2) is 16.7 Å². The number of hydrogen-bond acceptors (Lipinski definition) is 2. The van der Waals surface area contributed by atoms with Crippen LogP contribution in [0.5, 0.6) is 0 Å². The standard InChI is InChI=1S/C11H19NO/c1-7(2)9-5-10(13-6-9)11(12)8(3)4/h5-8,11H,12H2,1-4H3. The zero-order valence-electron chi connectivity index (χ0n) is 8.87. The van der Waals surface area contributed by atoms with Gasteiger partial charge in [0.15, 0.2) is 0 Å². The lowest BCUT2D eigenvalue weighted by molar-refractivity contribution is 0.402. The normalized spacial score (nSPS) is 14.1. The van der Waals surface area contributed by atoms with Crippen LogP contribution in [0.4, 0.5) is 0 Å². The summed E-state index contributed by atoms with van der Waals surface area (Å²) in [5.74, 6) is 1.83. The van der Waals surface area contributed by atoms with E-state index in [1.807, 2.05) is 6.26 Å². The molecule has 0 amide bonds.